The molecule has 0 saturated carbocycles. The van der Waals surface area contributed by atoms with E-state index >= 15 is 0 Å². The Hall–Kier alpha value is -3.60. The van der Waals surface area contributed by atoms with Gasteiger partial charge >= 0.3 is 0 Å². The Balaban J connectivity index is 1.80. The molecular formula is C20H15N5. The van der Waals surface area contributed by atoms with Gasteiger partial charge in [0, 0.05) is 47.7 Å². The Bertz CT molecular complexity index is 899. The molecule has 0 aliphatic carbocycles. The Morgan fingerprint density at radius 3 is 2.04 bits per heavy atom. The van der Waals surface area contributed by atoms with Crippen LogP contribution >= 0.6 is 0 Å². The van der Waals surface area contributed by atoms with E-state index in [4.69, 9.17) is 4.98 Å². The molecule has 0 fully saturated rings. The van der Waals surface area contributed by atoms with Crippen molar-refractivity contribution in [2.45, 2.75) is 0 Å². The van der Waals surface area contributed by atoms with Gasteiger partial charge in [-0.1, -0.05) is 30.3 Å². The molecule has 120 valence electrons. The second kappa shape index (κ2) is 6.88. The molecule has 0 spiro atoms. The van der Waals surface area contributed by atoms with Crippen LogP contribution in [0.15, 0.2) is 85.5 Å². The zero-order chi connectivity index (χ0) is 16.9. The van der Waals surface area contributed by atoms with Crippen LogP contribution < -0.4 is 5.32 Å². The molecular weight excluding hydrogens is 310 g/mol. The lowest BCUT2D eigenvalue weighted by atomic mass is 10.1. The summed E-state index contributed by atoms with van der Waals surface area (Å²) in [6.45, 7) is 0. The van der Waals surface area contributed by atoms with Gasteiger partial charge < -0.3 is 5.32 Å². The lowest BCUT2D eigenvalue weighted by Crippen LogP contribution is -1.99. The second-order valence-corrected chi connectivity index (χ2v) is 5.42. The zero-order valence-electron chi connectivity index (χ0n) is 13.4. The molecule has 3 aromatic heterocycles. The van der Waals surface area contributed by atoms with Crippen LogP contribution in [0, 0.1) is 0 Å². The Kier molecular flexibility index (Phi) is 4.12. The number of hydrogen-bond donors (Lipinski definition) is 1. The van der Waals surface area contributed by atoms with E-state index in [9.17, 15) is 0 Å². The molecule has 0 aliphatic rings. The van der Waals surface area contributed by atoms with Gasteiger partial charge in [-0.15, -0.1) is 0 Å². The van der Waals surface area contributed by atoms with Crippen LogP contribution in [-0.2, 0) is 0 Å². The van der Waals surface area contributed by atoms with E-state index in [-0.39, 0.29) is 0 Å². The van der Waals surface area contributed by atoms with Crippen molar-refractivity contribution in [2.75, 3.05) is 5.32 Å². The molecule has 3 heterocycles. The smallest absolute Gasteiger partial charge is 0.162 e. The highest BCUT2D eigenvalue weighted by atomic mass is 15.0. The number of aromatic nitrogens is 4. The first-order valence-electron chi connectivity index (χ1n) is 7.90. The predicted molar refractivity (Wildman–Crippen MR) is 98.2 cm³/mol. The van der Waals surface area contributed by atoms with Crippen molar-refractivity contribution in [3.05, 3.63) is 85.5 Å². The van der Waals surface area contributed by atoms with Gasteiger partial charge in [0.1, 0.15) is 5.82 Å². The summed E-state index contributed by atoms with van der Waals surface area (Å²) in [5.41, 5.74) is 3.73. The molecule has 0 atom stereocenters. The van der Waals surface area contributed by atoms with Crippen LogP contribution in [-0.4, -0.2) is 19.9 Å². The summed E-state index contributed by atoms with van der Waals surface area (Å²) in [4.78, 5) is 17.5. The monoisotopic (exact) mass is 325 g/mol. The fraction of sp³-hybridized carbons (Fsp3) is 0. The highest BCUT2D eigenvalue weighted by molar-refractivity contribution is 5.69. The quantitative estimate of drug-likeness (QED) is 0.604. The van der Waals surface area contributed by atoms with Crippen LogP contribution in [0.3, 0.4) is 0 Å². The maximum atomic E-state index is 4.72. The lowest BCUT2D eigenvalue weighted by Gasteiger charge is -2.10. The second-order valence-electron chi connectivity index (χ2n) is 5.42. The SMILES string of the molecule is c1ccc(-c2nc(Nc3ccncc3)cc(-c3ccncc3)n2)cc1. The van der Waals surface area contributed by atoms with Gasteiger partial charge in [0.15, 0.2) is 5.82 Å². The number of hydrogen-bond acceptors (Lipinski definition) is 5. The topological polar surface area (TPSA) is 63.6 Å². The van der Waals surface area contributed by atoms with E-state index in [1.807, 2.05) is 60.7 Å². The molecule has 5 nitrogen and oxygen atoms in total. The summed E-state index contributed by atoms with van der Waals surface area (Å²) < 4.78 is 0. The van der Waals surface area contributed by atoms with Crippen LogP contribution in [0.2, 0.25) is 0 Å². The molecule has 0 bridgehead atoms. The number of pyridine rings is 2. The molecule has 5 heteroatoms. The van der Waals surface area contributed by atoms with E-state index in [0.29, 0.717) is 5.82 Å². The molecule has 0 amide bonds. The van der Waals surface area contributed by atoms with Gasteiger partial charge in [0.2, 0.25) is 0 Å². The first-order chi connectivity index (χ1) is 12.4. The van der Waals surface area contributed by atoms with Crippen molar-refractivity contribution in [3.63, 3.8) is 0 Å². The third kappa shape index (κ3) is 3.50. The molecule has 25 heavy (non-hydrogen) atoms. The normalized spacial score (nSPS) is 10.4. The summed E-state index contributed by atoms with van der Waals surface area (Å²) in [5, 5.41) is 3.32. The maximum absolute atomic E-state index is 4.72. The Labute approximate surface area is 145 Å². The van der Waals surface area contributed by atoms with Crippen molar-refractivity contribution < 1.29 is 0 Å². The summed E-state index contributed by atoms with van der Waals surface area (Å²) in [6.07, 6.45) is 7.00. The third-order valence-corrected chi connectivity index (χ3v) is 3.69. The van der Waals surface area contributed by atoms with Crippen LogP contribution in [0.25, 0.3) is 22.6 Å². The van der Waals surface area contributed by atoms with Gasteiger partial charge in [0.05, 0.1) is 5.69 Å². The fourth-order valence-corrected chi connectivity index (χ4v) is 2.48. The molecule has 0 aliphatic heterocycles. The van der Waals surface area contributed by atoms with Gasteiger partial charge in [-0.25, -0.2) is 9.97 Å². The number of rotatable bonds is 4. The maximum Gasteiger partial charge on any atom is 0.162 e. The zero-order valence-corrected chi connectivity index (χ0v) is 13.4. The van der Waals surface area contributed by atoms with Crippen molar-refractivity contribution >= 4 is 11.5 Å². The first kappa shape index (κ1) is 15.0. The van der Waals surface area contributed by atoms with E-state index in [1.54, 1.807) is 24.8 Å². The van der Waals surface area contributed by atoms with Gasteiger partial charge in [0.25, 0.3) is 0 Å². The number of nitrogens with one attached hydrogen (secondary N) is 1. The average Bonchev–Trinajstić information content (AvgIpc) is 2.70. The molecule has 0 saturated heterocycles. The summed E-state index contributed by atoms with van der Waals surface area (Å²) in [7, 11) is 0. The summed E-state index contributed by atoms with van der Waals surface area (Å²) in [6, 6.07) is 19.5. The molecule has 4 aromatic rings. The molecule has 0 unspecified atom stereocenters. The Morgan fingerprint density at radius 2 is 1.32 bits per heavy atom. The number of nitrogens with zero attached hydrogens (tertiary/aromatic N) is 4. The lowest BCUT2D eigenvalue weighted by molar-refractivity contribution is 1.17. The minimum atomic E-state index is 0.673. The predicted octanol–water partition coefficient (Wildman–Crippen LogP) is 4.34. The summed E-state index contributed by atoms with van der Waals surface area (Å²) in [5.74, 6) is 1.40. The van der Waals surface area contributed by atoms with Crippen molar-refractivity contribution in [1.29, 1.82) is 0 Å². The van der Waals surface area contributed by atoms with Gasteiger partial charge in [-0.2, -0.15) is 0 Å². The van der Waals surface area contributed by atoms with Crippen molar-refractivity contribution in [3.8, 4) is 22.6 Å². The number of anilines is 2. The van der Waals surface area contributed by atoms with E-state index in [1.165, 1.54) is 0 Å². The van der Waals surface area contributed by atoms with Crippen molar-refractivity contribution in [2.24, 2.45) is 0 Å². The van der Waals surface area contributed by atoms with E-state index in [2.05, 4.69) is 20.3 Å². The largest absolute Gasteiger partial charge is 0.340 e. The Morgan fingerprint density at radius 1 is 0.640 bits per heavy atom. The van der Waals surface area contributed by atoms with Gasteiger partial charge in [-0.3, -0.25) is 9.97 Å². The standard InChI is InChI=1S/C20H15N5/c1-2-4-16(5-3-1)20-24-18(15-6-10-21-11-7-15)14-19(25-20)23-17-8-12-22-13-9-17/h1-14H,(H,22,23,24,25). The minimum absolute atomic E-state index is 0.673. The average molecular weight is 325 g/mol. The fourth-order valence-electron chi connectivity index (χ4n) is 2.48. The van der Waals surface area contributed by atoms with E-state index in [0.717, 1.165) is 28.3 Å². The molecule has 4 rings (SSSR count). The number of benzene rings is 1. The first-order valence-corrected chi connectivity index (χ1v) is 7.90. The van der Waals surface area contributed by atoms with Gasteiger partial charge in [-0.05, 0) is 24.3 Å². The van der Waals surface area contributed by atoms with Crippen LogP contribution in [0.1, 0.15) is 0 Å². The highest BCUT2D eigenvalue weighted by Crippen LogP contribution is 2.25. The van der Waals surface area contributed by atoms with Crippen LogP contribution in [0.5, 0.6) is 0 Å². The molecule has 1 N–H and O–H groups in total. The van der Waals surface area contributed by atoms with E-state index < -0.39 is 0 Å². The highest BCUT2D eigenvalue weighted by Gasteiger charge is 2.09. The molecule has 1 aromatic carbocycles. The third-order valence-electron chi connectivity index (χ3n) is 3.69. The molecule has 0 radical (unpaired) electrons. The summed E-state index contributed by atoms with van der Waals surface area (Å²) >= 11 is 0. The van der Waals surface area contributed by atoms with Crippen molar-refractivity contribution in [1.82, 2.24) is 19.9 Å². The van der Waals surface area contributed by atoms with Crippen LogP contribution in [0.4, 0.5) is 11.5 Å². The minimum Gasteiger partial charge on any atom is -0.340 e.